The van der Waals surface area contributed by atoms with E-state index in [2.05, 4.69) is 10.0 Å². The van der Waals surface area contributed by atoms with Crippen molar-refractivity contribution in [1.29, 1.82) is 0 Å². The number of nitrogens with zero attached hydrogens (tertiary/aromatic N) is 1. The highest BCUT2D eigenvalue weighted by Gasteiger charge is 2.28. The lowest BCUT2D eigenvalue weighted by Crippen LogP contribution is -2.50. The van der Waals surface area contributed by atoms with Gasteiger partial charge in [0.1, 0.15) is 0 Å². The van der Waals surface area contributed by atoms with Gasteiger partial charge in [0.25, 0.3) is 10.2 Å². The van der Waals surface area contributed by atoms with Crippen molar-refractivity contribution in [1.82, 2.24) is 9.03 Å². The summed E-state index contributed by atoms with van der Waals surface area (Å²) >= 11 is 0. The fraction of sp³-hybridized carbons (Fsp3) is 0.571. The van der Waals surface area contributed by atoms with E-state index in [0.717, 1.165) is 31.4 Å². The first-order valence-electron chi connectivity index (χ1n) is 7.24. The molecule has 0 bridgehead atoms. The number of anilines is 1. The monoisotopic (exact) mass is 295 g/mol. The average molecular weight is 295 g/mol. The second kappa shape index (κ2) is 5.71. The van der Waals surface area contributed by atoms with E-state index >= 15 is 0 Å². The van der Waals surface area contributed by atoms with Crippen molar-refractivity contribution in [2.75, 3.05) is 25.0 Å². The molecule has 0 amide bonds. The molecular formula is C14H21N3O2S. The Morgan fingerprint density at radius 1 is 1.15 bits per heavy atom. The van der Waals surface area contributed by atoms with E-state index in [0.29, 0.717) is 19.6 Å². The summed E-state index contributed by atoms with van der Waals surface area (Å²) in [5.74, 6) is 0. The highest BCUT2D eigenvalue weighted by Crippen LogP contribution is 2.22. The maximum Gasteiger partial charge on any atom is 0.279 e. The van der Waals surface area contributed by atoms with Crippen LogP contribution < -0.4 is 10.0 Å². The van der Waals surface area contributed by atoms with Crippen molar-refractivity contribution in [2.24, 2.45) is 0 Å². The van der Waals surface area contributed by atoms with Crippen molar-refractivity contribution in [3.05, 3.63) is 29.8 Å². The summed E-state index contributed by atoms with van der Waals surface area (Å²) in [6, 6.07) is 7.98. The smallest absolute Gasteiger partial charge is 0.279 e. The standard InChI is InChI=1S/C14H21N3O2S/c18-20(19,17-8-4-1-5-9-17)16-13-10-12-6-2-3-7-14(12)15-11-13/h2-3,6-7,13,15-16H,1,4-5,8-11H2. The van der Waals surface area contributed by atoms with Gasteiger partial charge in [0.15, 0.2) is 0 Å². The van der Waals surface area contributed by atoms with Gasteiger partial charge in [-0.1, -0.05) is 24.6 Å². The molecule has 20 heavy (non-hydrogen) atoms. The Morgan fingerprint density at radius 3 is 2.70 bits per heavy atom. The van der Waals surface area contributed by atoms with Crippen molar-refractivity contribution >= 4 is 15.9 Å². The first-order valence-corrected chi connectivity index (χ1v) is 8.68. The van der Waals surface area contributed by atoms with Gasteiger partial charge < -0.3 is 5.32 Å². The normalized spacial score (nSPS) is 23.9. The van der Waals surface area contributed by atoms with Crippen LogP contribution in [0.3, 0.4) is 0 Å². The minimum Gasteiger partial charge on any atom is -0.383 e. The summed E-state index contributed by atoms with van der Waals surface area (Å²) < 4.78 is 29.1. The zero-order valence-corrected chi connectivity index (χ0v) is 12.3. The minimum absolute atomic E-state index is 0.0724. The summed E-state index contributed by atoms with van der Waals surface area (Å²) in [7, 11) is -3.34. The van der Waals surface area contributed by atoms with Crippen LogP contribution in [0, 0.1) is 0 Å². The van der Waals surface area contributed by atoms with E-state index in [1.807, 2.05) is 24.3 Å². The fourth-order valence-corrected chi connectivity index (χ4v) is 4.39. The molecule has 0 aromatic heterocycles. The molecule has 1 atom stereocenters. The molecule has 2 heterocycles. The topological polar surface area (TPSA) is 61.4 Å². The van der Waals surface area contributed by atoms with Crippen molar-refractivity contribution in [3.8, 4) is 0 Å². The van der Waals surface area contributed by atoms with Crippen molar-refractivity contribution in [2.45, 2.75) is 31.7 Å². The third-order valence-corrected chi connectivity index (χ3v) is 5.67. The number of hydrogen-bond acceptors (Lipinski definition) is 3. The first-order chi connectivity index (χ1) is 9.65. The molecule has 0 saturated carbocycles. The molecule has 0 radical (unpaired) electrons. The first kappa shape index (κ1) is 13.9. The highest BCUT2D eigenvalue weighted by molar-refractivity contribution is 7.87. The third kappa shape index (κ3) is 2.97. The summed E-state index contributed by atoms with van der Waals surface area (Å²) in [6.45, 7) is 1.93. The predicted molar refractivity (Wildman–Crippen MR) is 79.9 cm³/mol. The summed E-state index contributed by atoms with van der Waals surface area (Å²) in [5, 5.41) is 3.29. The van der Waals surface area contributed by atoms with E-state index in [-0.39, 0.29) is 6.04 Å². The molecule has 6 heteroatoms. The van der Waals surface area contributed by atoms with Crippen LogP contribution in [-0.2, 0) is 16.6 Å². The van der Waals surface area contributed by atoms with Gasteiger partial charge in [-0.2, -0.15) is 17.4 Å². The Balaban J connectivity index is 1.66. The van der Waals surface area contributed by atoms with Crippen LogP contribution in [0.2, 0.25) is 0 Å². The minimum atomic E-state index is -3.34. The van der Waals surface area contributed by atoms with Gasteiger partial charge in [-0.05, 0) is 30.9 Å². The molecule has 1 aromatic rings. The zero-order chi connectivity index (χ0) is 14.0. The average Bonchev–Trinajstić information content (AvgIpc) is 2.48. The van der Waals surface area contributed by atoms with Crippen molar-refractivity contribution < 1.29 is 8.42 Å². The lowest BCUT2D eigenvalue weighted by Gasteiger charge is -2.31. The van der Waals surface area contributed by atoms with Crippen LogP contribution in [0.25, 0.3) is 0 Å². The maximum absolute atomic E-state index is 12.4. The summed E-state index contributed by atoms with van der Waals surface area (Å²) in [4.78, 5) is 0. The van der Waals surface area contributed by atoms with Gasteiger partial charge in [-0.25, -0.2) is 0 Å². The SMILES string of the molecule is O=S(=O)(NC1CNc2ccccc2C1)N1CCCCC1. The Hall–Kier alpha value is -1.11. The molecule has 3 rings (SSSR count). The number of piperidine rings is 1. The lowest BCUT2D eigenvalue weighted by molar-refractivity contribution is 0.338. The van der Waals surface area contributed by atoms with Gasteiger partial charge >= 0.3 is 0 Å². The molecule has 2 N–H and O–H groups in total. The number of para-hydroxylation sites is 1. The lowest BCUT2D eigenvalue weighted by atomic mass is 10.0. The quantitative estimate of drug-likeness (QED) is 0.885. The molecule has 0 aliphatic carbocycles. The predicted octanol–water partition coefficient (Wildman–Crippen LogP) is 1.34. The molecule has 110 valence electrons. The van der Waals surface area contributed by atoms with Crippen LogP contribution in [0.1, 0.15) is 24.8 Å². The van der Waals surface area contributed by atoms with Gasteiger partial charge in [-0.15, -0.1) is 0 Å². The third-order valence-electron chi connectivity index (χ3n) is 3.99. The van der Waals surface area contributed by atoms with E-state index < -0.39 is 10.2 Å². The van der Waals surface area contributed by atoms with Crippen molar-refractivity contribution in [3.63, 3.8) is 0 Å². The number of hydrogen-bond donors (Lipinski definition) is 2. The molecule has 2 aliphatic heterocycles. The molecule has 1 unspecified atom stereocenters. The van der Waals surface area contributed by atoms with E-state index in [1.54, 1.807) is 4.31 Å². The maximum atomic E-state index is 12.4. The van der Waals surface area contributed by atoms with Crippen LogP contribution >= 0.6 is 0 Å². The molecule has 2 aliphatic rings. The van der Waals surface area contributed by atoms with Gasteiger partial charge in [0.2, 0.25) is 0 Å². The second-order valence-electron chi connectivity index (χ2n) is 5.52. The van der Waals surface area contributed by atoms with E-state index in [4.69, 9.17) is 0 Å². The van der Waals surface area contributed by atoms with Crippen LogP contribution in [0.5, 0.6) is 0 Å². The summed E-state index contributed by atoms with van der Waals surface area (Å²) in [5.41, 5.74) is 2.28. The summed E-state index contributed by atoms with van der Waals surface area (Å²) in [6.07, 6.45) is 3.81. The number of nitrogens with one attached hydrogen (secondary N) is 2. The number of fused-ring (bicyclic) bond motifs is 1. The molecular weight excluding hydrogens is 274 g/mol. The molecule has 1 saturated heterocycles. The molecule has 1 aromatic carbocycles. The van der Waals surface area contributed by atoms with Gasteiger partial charge in [0, 0.05) is 31.4 Å². The zero-order valence-electron chi connectivity index (χ0n) is 11.5. The molecule has 1 fully saturated rings. The Morgan fingerprint density at radius 2 is 1.90 bits per heavy atom. The molecule has 5 nitrogen and oxygen atoms in total. The van der Waals surface area contributed by atoms with Gasteiger partial charge in [-0.3, -0.25) is 0 Å². The highest BCUT2D eigenvalue weighted by atomic mass is 32.2. The van der Waals surface area contributed by atoms with Crippen LogP contribution in [-0.4, -0.2) is 38.4 Å². The Labute approximate surface area is 120 Å². The number of rotatable bonds is 3. The Bertz CT molecular complexity index is 568. The van der Waals surface area contributed by atoms with E-state index in [9.17, 15) is 8.42 Å². The largest absolute Gasteiger partial charge is 0.383 e. The van der Waals surface area contributed by atoms with Gasteiger partial charge in [0.05, 0.1) is 0 Å². The van der Waals surface area contributed by atoms with E-state index in [1.165, 1.54) is 5.56 Å². The fourth-order valence-electron chi connectivity index (χ4n) is 2.92. The van der Waals surface area contributed by atoms with Crippen LogP contribution in [0.4, 0.5) is 5.69 Å². The second-order valence-corrected chi connectivity index (χ2v) is 7.22. The number of benzene rings is 1. The van der Waals surface area contributed by atoms with Crippen LogP contribution in [0.15, 0.2) is 24.3 Å². The Kier molecular flexibility index (Phi) is 3.96. The molecule has 0 spiro atoms.